The Bertz CT molecular complexity index is 622. The Morgan fingerprint density at radius 1 is 1.25 bits per heavy atom. The second kappa shape index (κ2) is 5.24. The van der Waals surface area contributed by atoms with Crippen LogP contribution in [0.15, 0.2) is 18.3 Å². The van der Waals surface area contributed by atoms with Gasteiger partial charge in [0, 0.05) is 18.7 Å². The summed E-state index contributed by atoms with van der Waals surface area (Å²) in [6.45, 7) is 1.41. The summed E-state index contributed by atoms with van der Waals surface area (Å²) < 4.78 is 40.9. The number of hydrogen-bond acceptors (Lipinski definition) is 3. The molecule has 0 atom stereocenters. The molecule has 1 aliphatic rings. The average Bonchev–Trinajstić information content (AvgIpc) is 3.11. The van der Waals surface area contributed by atoms with E-state index >= 15 is 0 Å². The lowest BCUT2D eigenvalue weighted by Gasteiger charge is -2.03. The van der Waals surface area contributed by atoms with Crippen LogP contribution in [0, 0.1) is 23.4 Å². The van der Waals surface area contributed by atoms with Gasteiger partial charge < -0.3 is 5.32 Å². The van der Waals surface area contributed by atoms with E-state index in [1.54, 1.807) is 0 Å². The first kappa shape index (κ1) is 13.1. The summed E-state index contributed by atoms with van der Waals surface area (Å²) in [5, 5.41) is 10.8. The number of benzene rings is 1. The Balaban J connectivity index is 1.75. The van der Waals surface area contributed by atoms with E-state index in [0.717, 1.165) is 23.2 Å². The predicted octanol–water partition coefficient (Wildman–Crippen LogP) is 2.18. The first-order valence-corrected chi connectivity index (χ1v) is 6.40. The number of hydrogen-bond donors (Lipinski definition) is 1. The quantitative estimate of drug-likeness (QED) is 0.855. The first-order chi connectivity index (χ1) is 9.63. The van der Waals surface area contributed by atoms with Gasteiger partial charge in [-0.3, -0.25) is 0 Å². The van der Waals surface area contributed by atoms with E-state index in [-0.39, 0.29) is 5.69 Å². The third kappa shape index (κ3) is 2.82. The van der Waals surface area contributed by atoms with Crippen LogP contribution in [-0.2, 0) is 6.54 Å². The molecular formula is C13H13F3N4. The molecule has 2 aromatic rings. The lowest BCUT2D eigenvalue weighted by atomic mass is 10.3. The minimum absolute atomic E-state index is 0.288. The number of nitrogens with one attached hydrogen (secondary N) is 1. The van der Waals surface area contributed by atoms with Crippen LogP contribution in [0.25, 0.3) is 5.69 Å². The van der Waals surface area contributed by atoms with E-state index in [1.165, 1.54) is 19.0 Å². The highest BCUT2D eigenvalue weighted by molar-refractivity contribution is 5.34. The Morgan fingerprint density at radius 3 is 2.80 bits per heavy atom. The van der Waals surface area contributed by atoms with Crippen molar-refractivity contribution in [1.29, 1.82) is 0 Å². The molecule has 0 saturated heterocycles. The van der Waals surface area contributed by atoms with Crippen molar-refractivity contribution in [3.8, 4) is 5.69 Å². The van der Waals surface area contributed by atoms with Crippen molar-refractivity contribution >= 4 is 0 Å². The molecule has 0 radical (unpaired) electrons. The second-order valence-corrected chi connectivity index (χ2v) is 4.95. The van der Waals surface area contributed by atoms with Gasteiger partial charge >= 0.3 is 0 Å². The molecule has 0 amide bonds. The van der Waals surface area contributed by atoms with Gasteiger partial charge in [0.25, 0.3) is 0 Å². The third-order valence-electron chi connectivity index (χ3n) is 3.20. The van der Waals surface area contributed by atoms with Crippen molar-refractivity contribution in [2.24, 2.45) is 5.92 Å². The van der Waals surface area contributed by atoms with Crippen molar-refractivity contribution in [3.63, 3.8) is 0 Å². The Labute approximate surface area is 113 Å². The fourth-order valence-corrected chi connectivity index (χ4v) is 1.93. The summed E-state index contributed by atoms with van der Waals surface area (Å²) in [5.41, 5.74) is 0.304. The van der Waals surface area contributed by atoms with Crippen molar-refractivity contribution in [1.82, 2.24) is 20.3 Å². The summed E-state index contributed by atoms with van der Waals surface area (Å²) in [4.78, 5) is 0. The molecule has 20 heavy (non-hydrogen) atoms. The average molecular weight is 282 g/mol. The van der Waals surface area contributed by atoms with Gasteiger partial charge in [0.2, 0.25) is 0 Å². The second-order valence-electron chi connectivity index (χ2n) is 4.95. The molecule has 1 saturated carbocycles. The molecule has 0 bridgehead atoms. The maximum atomic E-state index is 13.6. The van der Waals surface area contributed by atoms with E-state index in [2.05, 4.69) is 15.6 Å². The molecule has 7 heteroatoms. The Kier molecular flexibility index (Phi) is 3.43. The predicted molar refractivity (Wildman–Crippen MR) is 65.7 cm³/mol. The zero-order chi connectivity index (χ0) is 14.1. The monoisotopic (exact) mass is 282 g/mol. The highest BCUT2D eigenvalue weighted by Crippen LogP contribution is 2.27. The molecule has 106 valence electrons. The Morgan fingerprint density at radius 2 is 2.05 bits per heavy atom. The van der Waals surface area contributed by atoms with Crippen LogP contribution in [-0.4, -0.2) is 21.5 Å². The van der Waals surface area contributed by atoms with E-state index in [4.69, 9.17) is 0 Å². The molecule has 0 unspecified atom stereocenters. The lowest BCUT2D eigenvalue weighted by Crippen LogP contribution is -2.16. The van der Waals surface area contributed by atoms with E-state index < -0.39 is 17.5 Å². The van der Waals surface area contributed by atoms with Gasteiger partial charge in [0.05, 0.1) is 11.9 Å². The minimum atomic E-state index is -1.25. The summed E-state index contributed by atoms with van der Waals surface area (Å²) in [6.07, 6.45) is 3.94. The maximum Gasteiger partial charge on any atom is 0.184 e. The zero-order valence-electron chi connectivity index (χ0n) is 10.6. The van der Waals surface area contributed by atoms with Crippen molar-refractivity contribution < 1.29 is 13.2 Å². The van der Waals surface area contributed by atoms with Crippen LogP contribution in [0.3, 0.4) is 0 Å². The maximum absolute atomic E-state index is 13.6. The van der Waals surface area contributed by atoms with Gasteiger partial charge in [-0.25, -0.2) is 17.9 Å². The molecule has 1 aromatic carbocycles. The summed E-state index contributed by atoms with van der Waals surface area (Å²) in [5.74, 6) is -2.51. The minimum Gasteiger partial charge on any atom is -0.311 e. The van der Waals surface area contributed by atoms with Crippen LogP contribution in [0.5, 0.6) is 0 Å². The van der Waals surface area contributed by atoms with Gasteiger partial charge in [-0.05, 0) is 25.3 Å². The first-order valence-electron chi connectivity index (χ1n) is 6.40. The normalized spacial score (nSPS) is 14.8. The van der Waals surface area contributed by atoms with E-state index in [1.807, 2.05) is 0 Å². The Hall–Kier alpha value is -1.89. The molecule has 1 N–H and O–H groups in total. The molecule has 1 aromatic heterocycles. The van der Waals surface area contributed by atoms with Crippen LogP contribution >= 0.6 is 0 Å². The molecule has 4 nitrogen and oxygen atoms in total. The van der Waals surface area contributed by atoms with Crippen LogP contribution in [0.4, 0.5) is 13.2 Å². The topological polar surface area (TPSA) is 42.7 Å². The third-order valence-corrected chi connectivity index (χ3v) is 3.20. The SMILES string of the molecule is Fc1cc(F)c(F)c(-n2cc(CNCC3CC3)nn2)c1. The summed E-state index contributed by atoms with van der Waals surface area (Å²) in [6, 6.07) is 1.38. The lowest BCUT2D eigenvalue weighted by molar-refractivity contribution is 0.487. The smallest absolute Gasteiger partial charge is 0.184 e. The molecule has 1 fully saturated rings. The zero-order valence-corrected chi connectivity index (χ0v) is 10.6. The van der Waals surface area contributed by atoms with Gasteiger partial charge in [-0.15, -0.1) is 5.10 Å². The summed E-state index contributed by atoms with van der Waals surface area (Å²) in [7, 11) is 0. The van der Waals surface area contributed by atoms with E-state index in [9.17, 15) is 13.2 Å². The van der Waals surface area contributed by atoms with Gasteiger partial charge in [0.15, 0.2) is 11.6 Å². The van der Waals surface area contributed by atoms with Gasteiger partial charge in [-0.2, -0.15) is 0 Å². The van der Waals surface area contributed by atoms with Gasteiger partial charge in [0.1, 0.15) is 11.5 Å². The standard InChI is InChI=1S/C13H13F3N4/c14-9-3-11(15)13(16)12(4-9)20-7-10(18-19-20)6-17-5-8-1-2-8/h3-4,7-8,17H,1-2,5-6H2. The molecule has 1 aliphatic carbocycles. The summed E-state index contributed by atoms with van der Waals surface area (Å²) >= 11 is 0. The van der Waals surface area contributed by atoms with Crippen molar-refractivity contribution in [2.45, 2.75) is 19.4 Å². The highest BCUT2D eigenvalue weighted by atomic mass is 19.2. The van der Waals surface area contributed by atoms with E-state index in [0.29, 0.717) is 18.3 Å². The number of rotatable bonds is 5. The molecule has 3 rings (SSSR count). The molecule has 0 aliphatic heterocycles. The van der Waals surface area contributed by atoms with Crippen LogP contribution < -0.4 is 5.32 Å². The van der Waals surface area contributed by atoms with Crippen LogP contribution in [0.2, 0.25) is 0 Å². The van der Waals surface area contributed by atoms with Gasteiger partial charge in [-0.1, -0.05) is 5.21 Å². The van der Waals surface area contributed by atoms with Crippen LogP contribution in [0.1, 0.15) is 18.5 Å². The number of aromatic nitrogens is 3. The van der Waals surface area contributed by atoms with Crippen molar-refractivity contribution in [3.05, 3.63) is 41.5 Å². The van der Waals surface area contributed by atoms with Crippen molar-refractivity contribution in [2.75, 3.05) is 6.54 Å². The largest absolute Gasteiger partial charge is 0.311 e. The fourth-order valence-electron chi connectivity index (χ4n) is 1.93. The number of nitrogens with zero attached hydrogens (tertiary/aromatic N) is 3. The molecule has 1 heterocycles. The highest BCUT2D eigenvalue weighted by Gasteiger charge is 2.20. The number of halogens is 3. The fraction of sp³-hybridized carbons (Fsp3) is 0.385. The molecular weight excluding hydrogens is 269 g/mol. The molecule has 0 spiro atoms.